The highest BCUT2D eigenvalue weighted by Gasteiger charge is 2.35. The van der Waals surface area contributed by atoms with Crippen LogP contribution in [0.15, 0.2) is 4.52 Å². The molecule has 3 N–H and O–H groups in total. The van der Waals surface area contributed by atoms with Gasteiger partial charge in [0, 0.05) is 6.61 Å². The van der Waals surface area contributed by atoms with Gasteiger partial charge in [-0.25, -0.2) is 0 Å². The first kappa shape index (κ1) is 11.5. The Hall–Kier alpha value is -0.980. The van der Waals surface area contributed by atoms with Crippen LogP contribution in [0.2, 0.25) is 0 Å². The van der Waals surface area contributed by atoms with E-state index in [1.165, 1.54) is 0 Å². The van der Waals surface area contributed by atoms with Gasteiger partial charge in [-0.1, -0.05) is 5.16 Å². The lowest BCUT2D eigenvalue weighted by atomic mass is 9.95. The second-order valence-corrected chi connectivity index (χ2v) is 4.28. The topological polar surface area (TPSA) is 94.4 Å². The van der Waals surface area contributed by atoms with Crippen molar-refractivity contribution in [2.75, 3.05) is 13.2 Å². The molecular weight excluding hydrogens is 210 g/mol. The first-order valence-corrected chi connectivity index (χ1v) is 5.50. The van der Waals surface area contributed by atoms with Gasteiger partial charge in [0.25, 0.3) is 0 Å². The molecule has 16 heavy (non-hydrogen) atoms. The maximum atomic E-state index is 8.89. The van der Waals surface area contributed by atoms with Crippen molar-refractivity contribution in [3.8, 4) is 0 Å². The van der Waals surface area contributed by atoms with Crippen LogP contribution in [0.3, 0.4) is 0 Å². The maximum absolute atomic E-state index is 8.89. The number of rotatable bonds is 3. The molecule has 0 saturated carbocycles. The lowest BCUT2D eigenvalue weighted by Gasteiger charge is -2.30. The van der Waals surface area contributed by atoms with Gasteiger partial charge < -0.3 is 20.1 Å². The maximum Gasteiger partial charge on any atom is 0.246 e. The minimum Gasteiger partial charge on any atom is -0.394 e. The Bertz CT molecular complexity index is 347. The minimum atomic E-state index is -0.617. The molecule has 1 aromatic heterocycles. The predicted octanol–water partition coefficient (Wildman–Crippen LogP) is 0.477. The van der Waals surface area contributed by atoms with Crippen molar-refractivity contribution in [1.82, 2.24) is 10.1 Å². The van der Waals surface area contributed by atoms with Gasteiger partial charge in [0.05, 0.1) is 6.61 Å². The summed E-state index contributed by atoms with van der Waals surface area (Å²) in [6.45, 7) is 2.46. The van der Waals surface area contributed by atoms with Crippen LogP contribution in [0, 0.1) is 0 Å². The molecule has 1 aliphatic heterocycles. The molecule has 2 heterocycles. The molecule has 1 aromatic rings. The average Bonchev–Trinajstić information content (AvgIpc) is 2.79. The fraction of sp³-hybridized carbons (Fsp3) is 0.800. The van der Waals surface area contributed by atoms with Gasteiger partial charge in [-0.15, -0.1) is 0 Å². The van der Waals surface area contributed by atoms with Crippen LogP contribution in [-0.4, -0.2) is 28.5 Å². The van der Waals surface area contributed by atoms with E-state index in [1.807, 2.05) is 6.92 Å². The standard InChI is InChI=1S/C10H17N3O3/c1-10(4-2-3-5-15-10)9-12-8(16-13-9)7(11)6-14/h7,14H,2-6,11H2,1H3/t7-,10?/m1/s1. The van der Waals surface area contributed by atoms with Crippen LogP contribution in [0.5, 0.6) is 0 Å². The van der Waals surface area contributed by atoms with Gasteiger partial charge in [0.15, 0.2) is 0 Å². The normalized spacial score (nSPS) is 27.9. The third-order valence-electron chi connectivity index (χ3n) is 2.90. The number of aromatic nitrogens is 2. The molecule has 1 unspecified atom stereocenters. The Balaban J connectivity index is 2.17. The van der Waals surface area contributed by atoms with Crippen molar-refractivity contribution < 1.29 is 14.4 Å². The smallest absolute Gasteiger partial charge is 0.246 e. The predicted molar refractivity (Wildman–Crippen MR) is 55.5 cm³/mol. The summed E-state index contributed by atoms with van der Waals surface area (Å²) in [7, 11) is 0. The van der Waals surface area contributed by atoms with Crippen LogP contribution in [0.4, 0.5) is 0 Å². The first-order chi connectivity index (χ1) is 7.65. The molecule has 90 valence electrons. The number of aliphatic hydroxyl groups excluding tert-OH is 1. The van der Waals surface area contributed by atoms with Crippen molar-refractivity contribution in [2.24, 2.45) is 5.73 Å². The van der Waals surface area contributed by atoms with Gasteiger partial charge in [0.1, 0.15) is 11.6 Å². The fourth-order valence-electron chi connectivity index (χ4n) is 1.79. The highest BCUT2D eigenvalue weighted by Crippen LogP contribution is 2.32. The summed E-state index contributed by atoms with van der Waals surface area (Å²) in [6, 6.07) is -0.617. The number of nitrogens with two attached hydrogens (primary N) is 1. The minimum absolute atomic E-state index is 0.209. The summed E-state index contributed by atoms with van der Waals surface area (Å²) in [5.41, 5.74) is 5.12. The molecule has 0 spiro atoms. The third-order valence-corrected chi connectivity index (χ3v) is 2.90. The van der Waals surface area contributed by atoms with Crippen LogP contribution in [0.1, 0.15) is 43.9 Å². The van der Waals surface area contributed by atoms with Gasteiger partial charge in [0.2, 0.25) is 11.7 Å². The van der Waals surface area contributed by atoms with E-state index in [4.69, 9.17) is 20.1 Å². The van der Waals surface area contributed by atoms with E-state index in [9.17, 15) is 0 Å². The van der Waals surface area contributed by atoms with E-state index in [2.05, 4.69) is 10.1 Å². The van der Waals surface area contributed by atoms with Gasteiger partial charge in [-0.2, -0.15) is 4.98 Å². The van der Waals surface area contributed by atoms with Crippen LogP contribution in [0.25, 0.3) is 0 Å². The number of aliphatic hydroxyl groups is 1. The van der Waals surface area contributed by atoms with E-state index in [1.54, 1.807) is 0 Å². The Morgan fingerprint density at radius 3 is 3.00 bits per heavy atom. The summed E-state index contributed by atoms with van der Waals surface area (Å²) in [4.78, 5) is 4.19. The summed E-state index contributed by atoms with van der Waals surface area (Å²) in [5.74, 6) is 0.777. The van der Waals surface area contributed by atoms with Crippen molar-refractivity contribution in [1.29, 1.82) is 0 Å². The molecule has 0 aliphatic carbocycles. The lowest BCUT2D eigenvalue weighted by Crippen LogP contribution is -2.31. The van der Waals surface area contributed by atoms with Crippen molar-refractivity contribution in [3.63, 3.8) is 0 Å². The molecule has 1 saturated heterocycles. The van der Waals surface area contributed by atoms with Crippen LogP contribution >= 0.6 is 0 Å². The Kier molecular flexibility index (Phi) is 3.22. The zero-order valence-electron chi connectivity index (χ0n) is 9.35. The highest BCUT2D eigenvalue weighted by molar-refractivity contribution is 5.02. The number of hydrogen-bond donors (Lipinski definition) is 2. The van der Waals surface area contributed by atoms with E-state index < -0.39 is 11.6 Å². The van der Waals surface area contributed by atoms with Crippen molar-refractivity contribution >= 4 is 0 Å². The summed E-state index contributed by atoms with van der Waals surface area (Å²) in [5, 5.41) is 12.8. The fourth-order valence-corrected chi connectivity index (χ4v) is 1.79. The molecule has 2 atom stereocenters. The van der Waals surface area contributed by atoms with E-state index in [-0.39, 0.29) is 12.5 Å². The Labute approximate surface area is 93.8 Å². The van der Waals surface area contributed by atoms with Gasteiger partial charge >= 0.3 is 0 Å². The van der Waals surface area contributed by atoms with Gasteiger partial charge in [-0.3, -0.25) is 0 Å². The summed E-state index contributed by atoms with van der Waals surface area (Å²) in [6.07, 6.45) is 3.03. The molecule has 0 amide bonds. The highest BCUT2D eigenvalue weighted by atomic mass is 16.5. The SMILES string of the molecule is CC1(c2noc([C@H](N)CO)n2)CCCCO1. The number of hydrogen-bond acceptors (Lipinski definition) is 6. The van der Waals surface area contributed by atoms with Crippen molar-refractivity contribution in [3.05, 3.63) is 11.7 Å². The molecule has 1 fully saturated rings. The zero-order valence-corrected chi connectivity index (χ0v) is 9.35. The molecule has 0 aromatic carbocycles. The second kappa shape index (κ2) is 4.48. The number of nitrogens with zero attached hydrogens (tertiary/aromatic N) is 2. The van der Waals surface area contributed by atoms with E-state index in [0.29, 0.717) is 12.4 Å². The molecule has 6 nitrogen and oxygen atoms in total. The van der Waals surface area contributed by atoms with Gasteiger partial charge in [-0.05, 0) is 26.2 Å². The largest absolute Gasteiger partial charge is 0.394 e. The molecule has 2 rings (SSSR count). The second-order valence-electron chi connectivity index (χ2n) is 4.28. The molecular formula is C10H17N3O3. The molecule has 0 radical (unpaired) electrons. The summed E-state index contributed by atoms with van der Waals surface area (Å²) < 4.78 is 10.7. The Morgan fingerprint density at radius 2 is 2.38 bits per heavy atom. The summed E-state index contributed by atoms with van der Waals surface area (Å²) >= 11 is 0. The average molecular weight is 227 g/mol. The first-order valence-electron chi connectivity index (χ1n) is 5.50. The van der Waals surface area contributed by atoms with E-state index in [0.717, 1.165) is 19.3 Å². The molecule has 1 aliphatic rings. The van der Waals surface area contributed by atoms with Crippen molar-refractivity contribution in [2.45, 2.75) is 37.8 Å². The monoisotopic (exact) mass is 227 g/mol. The van der Waals surface area contributed by atoms with Crippen LogP contribution in [-0.2, 0) is 10.3 Å². The zero-order chi connectivity index (χ0) is 11.6. The quantitative estimate of drug-likeness (QED) is 0.779. The van der Waals surface area contributed by atoms with E-state index >= 15 is 0 Å². The molecule has 0 bridgehead atoms. The van der Waals surface area contributed by atoms with Crippen LogP contribution < -0.4 is 5.73 Å². The lowest BCUT2D eigenvalue weighted by molar-refractivity contribution is -0.0770. The number of ether oxygens (including phenoxy) is 1. The molecule has 6 heteroatoms. The Morgan fingerprint density at radius 1 is 1.56 bits per heavy atom. The third kappa shape index (κ3) is 2.09.